The molecule has 0 radical (unpaired) electrons. The smallest absolute Gasteiger partial charge is 0.433 e. The highest BCUT2D eigenvalue weighted by Crippen LogP contribution is 2.16. The Labute approximate surface area is 141 Å². The van der Waals surface area contributed by atoms with Crippen LogP contribution in [-0.4, -0.2) is 54.7 Å². The molecule has 0 spiro atoms. The van der Waals surface area contributed by atoms with Gasteiger partial charge >= 0.3 is 6.16 Å². The molecule has 1 rings (SSSR count). The molecule has 1 saturated heterocycles. The van der Waals surface area contributed by atoms with Crippen LogP contribution in [0.3, 0.4) is 0 Å². The predicted molar refractivity (Wildman–Crippen MR) is 82.4 cm³/mol. The van der Waals surface area contributed by atoms with Crippen LogP contribution in [0, 0.1) is 0 Å². The first-order chi connectivity index (χ1) is 11.1. The van der Waals surface area contributed by atoms with Gasteiger partial charge in [0.05, 0.1) is 18.8 Å². The van der Waals surface area contributed by atoms with E-state index in [1.165, 1.54) is 0 Å². The standard InChI is InChI=1S/C15H26N2O7/c1-14(2,21-4)7-10-23-15(3,16)8-9-22-13(20)24-17-11(18)5-6-12(17)19/h5-10,16H2,1-4H3. The third-order valence-corrected chi connectivity index (χ3v) is 3.68. The third kappa shape index (κ3) is 6.81. The monoisotopic (exact) mass is 346 g/mol. The van der Waals surface area contributed by atoms with Gasteiger partial charge in [-0.25, -0.2) is 4.79 Å². The van der Waals surface area contributed by atoms with Gasteiger partial charge in [-0.15, -0.1) is 0 Å². The maximum atomic E-state index is 11.5. The normalized spacial score (nSPS) is 17.8. The molecule has 0 aliphatic carbocycles. The van der Waals surface area contributed by atoms with Crippen LogP contribution in [0.1, 0.15) is 46.5 Å². The number of hydrogen-bond acceptors (Lipinski definition) is 8. The molecule has 1 atom stereocenters. The van der Waals surface area contributed by atoms with E-state index in [0.717, 1.165) is 0 Å². The van der Waals surface area contributed by atoms with Crippen LogP contribution < -0.4 is 5.73 Å². The molecule has 2 amide bonds. The molecule has 0 saturated carbocycles. The number of hydrogen-bond donors (Lipinski definition) is 1. The summed E-state index contributed by atoms with van der Waals surface area (Å²) < 4.78 is 15.7. The number of amides is 2. The van der Waals surface area contributed by atoms with E-state index >= 15 is 0 Å². The Morgan fingerprint density at radius 3 is 2.25 bits per heavy atom. The molecule has 0 aromatic heterocycles. The molecule has 0 bridgehead atoms. The van der Waals surface area contributed by atoms with E-state index in [-0.39, 0.29) is 31.5 Å². The van der Waals surface area contributed by atoms with Crippen molar-refractivity contribution in [2.45, 2.75) is 57.8 Å². The van der Waals surface area contributed by atoms with Gasteiger partial charge < -0.3 is 19.9 Å². The number of rotatable bonds is 9. The molecule has 24 heavy (non-hydrogen) atoms. The zero-order chi connectivity index (χ0) is 18.4. The molecule has 0 aromatic carbocycles. The second kappa shape index (κ2) is 8.41. The largest absolute Gasteiger partial charge is 0.533 e. The van der Waals surface area contributed by atoms with Gasteiger partial charge in [0.25, 0.3) is 11.8 Å². The number of nitrogens with zero attached hydrogens (tertiary/aromatic N) is 1. The topological polar surface area (TPSA) is 117 Å². The van der Waals surface area contributed by atoms with Crippen LogP contribution in [-0.2, 0) is 28.6 Å². The molecule has 1 aliphatic rings. The van der Waals surface area contributed by atoms with Gasteiger partial charge in [0.15, 0.2) is 0 Å². The van der Waals surface area contributed by atoms with E-state index in [0.29, 0.717) is 18.1 Å². The fourth-order valence-electron chi connectivity index (χ4n) is 1.80. The zero-order valence-electron chi connectivity index (χ0n) is 14.6. The van der Waals surface area contributed by atoms with Gasteiger partial charge in [0, 0.05) is 26.4 Å². The molecule has 9 nitrogen and oxygen atoms in total. The fraction of sp³-hybridized carbons (Fsp3) is 0.800. The number of methoxy groups -OCH3 is 1. The minimum atomic E-state index is -1.13. The second-order valence-electron chi connectivity index (χ2n) is 6.40. The number of carbonyl (C=O) groups excluding carboxylic acids is 3. The lowest BCUT2D eigenvalue weighted by Crippen LogP contribution is -2.42. The van der Waals surface area contributed by atoms with E-state index in [9.17, 15) is 14.4 Å². The van der Waals surface area contributed by atoms with Crippen molar-refractivity contribution < 1.29 is 33.4 Å². The number of hydroxylamine groups is 2. The lowest BCUT2D eigenvalue weighted by molar-refractivity contribution is -0.177. The van der Waals surface area contributed by atoms with Crippen molar-refractivity contribution in [1.82, 2.24) is 5.06 Å². The summed E-state index contributed by atoms with van der Waals surface area (Å²) in [6, 6.07) is 0. The maximum Gasteiger partial charge on any atom is 0.533 e. The van der Waals surface area contributed by atoms with Crippen molar-refractivity contribution in [3.05, 3.63) is 0 Å². The van der Waals surface area contributed by atoms with Gasteiger partial charge in [-0.3, -0.25) is 14.4 Å². The average molecular weight is 346 g/mol. The van der Waals surface area contributed by atoms with Gasteiger partial charge in [0.1, 0.15) is 5.72 Å². The van der Waals surface area contributed by atoms with Crippen molar-refractivity contribution in [2.75, 3.05) is 20.3 Å². The van der Waals surface area contributed by atoms with Crippen LogP contribution in [0.15, 0.2) is 0 Å². The first kappa shape index (κ1) is 20.3. The first-order valence-electron chi connectivity index (χ1n) is 7.75. The molecule has 1 unspecified atom stereocenters. The van der Waals surface area contributed by atoms with E-state index in [4.69, 9.17) is 19.9 Å². The van der Waals surface area contributed by atoms with E-state index in [1.54, 1.807) is 14.0 Å². The van der Waals surface area contributed by atoms with E-state index in [1.807, 2.05) is 13.8 Å². The minimum absolute atomic E-state index is 0.0264. The Bertz CT molecular complexity index is 460. The van der Waals surface area contributed by atoms with Crippen LogP contribution in [0.2, 0.25) is 0 Å². The predicted octanol–water partition coefficient (Wildman–Crippen LogP) is 1.10. The third-order valence-electron chi connectivity index (χ3n) is 3.68. The minimum Gasteiger partial charge on any atom is -0.433 e. The summed E-state index contributed by atoms with van der Waals surface area (Å²) in [7, 11) is 1.62. The molecule has 1 fully saturated rings. The summed E-state index contributed by atoms with van der Waals surface area (Å²) in [5.74, 6) is -1.13. The fourth-order valence-corrected chi connectivity index (χ4v) is 1.80. The van der Waals surface area contributed by atoms with Crippen molar-refractivity contribution in [2.24, 2.45) is 5.73 Å². The zero-order valence-corrected chi connectivity index (χ0v) is 14.6. The number of imide groups is 1. The van der Waals surface area contributed by atoms with E-state index in [2.05, 4.69) is 4.84 Å². The highest BCUT2D eigenvalue weighted by Gasteiger charge is 2.33. The molecule has 0 aromatic rings. The van der Waals surface area contributed by atoms with Crippen molar-refractivity contribution in [3.8, 4) is 0 Å². The second-order valence-corrected chi connectivity index (χ2v) is 6.40. The van der Waals surface area contributed by atoms with Gasteiger partial charge in [-0.1, -0.05) is 5.06 Å². The van der Waals surface area contributed by atoms with Crippen LogP contribution in [0.25, 0.3) is 0 Å². The molecule has 2 N–H and O–H groups in total. The van der Waals surface area contributed by atoms with Crippen molar-refractivity contribution >= 4 is 18.0 Å². The van der Waals surface area contributed by atoms with Crippen molar-refractivity contribution in [1.29, 1.82) is 0 Å². The highest BCUT2D eigenvalue weighted by molar-refractivity contribution is 6.01. The Hall–Kier alpha value is -1.71. The lowest BCUT2D eigenvalue weighted by atomic mass is 10.1. The van der Waals surface area contributed by atoms with Crippen LogP contribution in [0.5, 0.6) is 0 Å². The Balaban J connectivity index is 2.26. The molecule has 9 heteroatoms. The number of ether oxygens (including phenoxy) is 3. The first-order valence-corrected chi connectivity index (χ1v) is 7.75. The van der Waals surface area contributed by atoms with Gasteiger partial charge in [-0.2, -0.15) is 0 Å². The summed E-state index contributed by atoms with van der Waals surface area (Å²) in [4.78, 5) is 38.6. The number of nitrogens with two attached hydrogens (primary N) is 1. The quantitative estimate of drug-likeness (QED) is 0.375. The summed E-state index contributed by atoms with van der Waals surface area (Å²) >= 11 is 0. The Morgan fingerprint density at radius 2 is 1.71 bits per heavy atom. The highest BCUT2D eigenvalue weighted by atomic mass is 16.8. The maximum absolute atomic E-state index is 11.5. The summed E-state index contributed by atoms with van der Waals surface area (Å²) in [6.45, 7) is 5.84. The Kier molecular flexibility index (Phi) is 7.12. The summed E-state index contributed by atoms with van der Waals surface area (Å²) in [6.07, 6.45) is -0.206. The summed E-state index contributed by atoms with van der Waals surface area (Å²) in [5.41, 5.74) is 4.66. The average Bonchev–Trinajstić information content (AvgIpc) is 2.78. The van der Waals surface area contributed by atoms with Gasteiger partial charge in [-0.05, 0) is 27.2 Å². The Morgan fingerprint density at radius 1 is 1.12 bits per heavy atom. The molecule has 138 valence electrons. The van der Waals surface area contributed by atoms with Crippen LogP contribution in [0.4, 0.5) is 4.79 Å². The number of carbonyl (C=O) groups is 3. The lowest BCUT2D eigenvalue weighted by Gasteiger charge is -2.28. The molecule has 1 aliphatic heterocycles. The SMILES string of the molecule is COC(C)(C)CCOC(C)(N)CCOC(=O)ON1C(=O)CCC1=O. The molecular formula is C15H26N2O7. The van der Waals surface area contributed by atoms with Gasteiger partial charge in [0.2, 0.25) is 0 Å². The molecule has 1 heterocycles. The van der Waals surface area contributed by atoms with Crippen molar-refractivity contribution in [3.63, 3.8) is 0 Å². The molecular weight excluding hydrogens is 320 g/mol. The van der Waals surface area contributed by atoms with E-state index < -0.39 is 23.7 Å². The summed E-state index contributed by atoms with van der Waals surface area (Å²) in [5, 5.41) is 0.424. The van der Waals surface area contributed by atoms with Crippen LogP contribution >= 0.6 is 0 Å².